The molecular weight excluding hydrogens is 1170 g/mol. The van der Waals surface area contributed by atoms with Gasteiger partial charge >= 0.3 is 0 Å². The van der Waals surface area contributed by atoms with E-state index in [-0.39, 0.29) is 11.4 Å². The van der Waals surface area contributed by atoms with Crippen LogP contribution in [0.4, 0.5) is 0 Å². The Bertz CT molecular complexity index is 5270. The fraction of sp³-hybridized carbons (Fsp3) is 0.0822. The van der Waals surface area contributed by atoms with E-state index < -0.39 is 10.8 Å². The zero-order chi connectivity index (χ0) is 57.9. The third kappa shape index (κ3) is 7.22. The number of carbonyl (C=O) groups is 1. The van der Waals surface area contributed by atoms with Crippen LogP contribution in [0.25, 0.3) is 93.2 Å². The molecule has 86 heavy (non-hydrogen) atoms. The third-order valence-electron chi connectivity index (χ3n) is 17.7. The van der Waals surface area contributed by atoms with Gasteiger partial charge in [0.05, 0.1) is 26.1 Å². The van der Waals surface area contributed by atoms with Crippen LogP contribution in [-0.2, 0) is 10.8 Å². The summed E-state index contributed by atoms with van der Waals surface area (Å²) in [6.07, 6.45) is 1.71. The van der Waals surface area contributed by atoms with Crippen molar-refractivity contribution in [2.75, 3.05) is 0 Å². The quantitative estimate of drug-likeness (QED) is 0.115. The summed E-state index contributed by atoms with van der Waals surface area (Å²) < 4.78 is 2.38. The highest BCUT2D eigenvalue weighted by Gasteiger charge is 2.52. The lowest BCUT2D eigenvalue weighted by Crippen LogP contribution is -2.30. The van der Waals surface area contributed by atoms with Crippen molar-refractivity contribution in [2.24, 2.45) is 0 Å². The predicted octanol–water partition coefficient (Wildman–Crippen LogP) is 19.6. The van der Waals surface area contributed by atoms with Crippen LogP contribution in [0.2, 0.25) is 0 Å². The minimum absolute atomic E-state index is 0.104. The molecular formula is C73H42N6OS6. The Morgan fingerprint density at radius 1 is 0.465 bits per heavy atom. The standard InChI is InChI=1S/C73H42N6OS6/c1-37-9-17-42(18-10-37)72(43-19-11-38(2)12-20-43)53-25-27-57-50(31-59(82-57)66-78-69-68(85-66)76-36-81-69)63(53)48-29-56-49(30-55(48)72)64-51-32-60(83-58(51)28-26-54(64)73(56,44-21-13-39(3)14-22-44)45-23-15-40(4)16-24-45)67-79-71-70(86-67)77-61(84-71)33-52-62(41(34-74)35-75)46-7-5-6-8-47(46)65(52)80/h5-33,36H,1-4H3/b52-33-. The minimum atomic E-state index is -0.721. The summed E-state index contributed by atoms with van der Waals surface area (Å²) in [5.74, 6) is -0.233. The van der Waals surface area contributed by atoms with Gasteiger partial charge in [-0.1, -0.05) is 190 Å². The van der Waals surface area contributed by atoms with Gasteiger partial charge in [-0.05, 0) is 142 Å². The van der Waals surface area contributed by atoms with Crippen LogP contribution >= 0.6 is 68.0 Å². The number of rotatable bonds is 7. The van der Waals surface area contributed by atoms with Crippen LogP contribution < -0.4 is 0 Å². The highest BCUT2D eigenvalue weighted by atomic mass is 32.1. The van der Waals surface area contributed by atoms with E-state index >= 15 is 0 Å². The lowest BCUT2D eigenvalue weighted by atomic mass is 9.65. The van der Waals surface area contributed by atoms with E-state index in [0.29, 0.717) is 27.3 Å². The average Bonchev–Trinajstić information content (AvgIpc) is 1.58. The first-order valence-electron chi connectivity index (χ1n) is 28.0. The van der Waals surface area contributed by atoms with Gasteiger partial charge in [0.1, 0.15) is 32.7 Å². The number of nitriles is 2. The topological polar surface area (TPSA) is 116 Å². The molecule has 0 saturated carbocycles. The van der Waals surface area contributed by atoms with Gasteiger partial charge in [0, 0.05) is 36.9 Å². The maximum absolute atomic E-state index is 13.9. The van der Waals surface area contributed by atoms with Crippen LogP contribution in [-0.4, -0.2) is 25.7 Å². The normalized spacial score (nSPS) is 14.7. The summed E-state index contributed by atoms with van der Waals surface area (Å²) in [6, 6.07) is 67.6. The molecule has 0 amide bonds. The first-order valence-corrected chi connectivity index (χ1v) is 33.0. The van der Waals surface area contributed by atoms with Gasteiger partial charge in [0.25, 0.3) is 0 Å². The number of aryl methyl sites for hydroxylation is 4. The van der Waals surface area contributed by atoms with E-state index in [2.05, 4.69) is 178 Å². The number of nitrogens with zero attached hydrogens (tertiary/aromatic N) is 6. The van der Waals surface area contributed by atoms with Crippen molar-refractivity contribution >= 4 is 125 Å². The summed E-state index contributed by atoms with van der Waals surface area (Å²) in [5, 5.41) is 24.8. The van der Waals surface area contributed by atoms with Gasteiger partial charge in [0.2, 0.25) is 0 Å². The molecule has 3 aliphatic carbocycles. The third-order valence-corrected chi connectivity index (χ3v) is 24.0. The summed E-state index contributed by atoms with van der Waals surface area (Å²) in [4.78, 5) is 39.6. The average molecular weight is 1210 g/mol. The summed E-state index contributed by atoms with van der Waals surface area (Å²) in [5.41, 5.74) is 21.6. The van der Waals surface area contributed by atoms with Crippen molar-refractivity contribution in [3.8, 4) is 54.2 Å². The first kappa shape index (κ1) is 51.3. The lowest BCUT2D eigenvalue weighted by Gasteiger charge is -2.35. The molecule has 0 unspecified atom stereocenters. The Labute approximate surface area is 518 Å². The van der Waals surface area contributed by atoms with Gasteiger partial charge < -0.3 is 0 Å². The predicted molar refractivity (Wildman–Crippen MR) is 356 cm³/mol. The first-order chi connectivity index (χ1) is 42.0. The fourth-order valence-corrected chi connectivity index (χ4v) is 19.8. The Balaban J connectivity index is 0.919. The Hall–Kier alpha value is -9.15. The Kier molecular flexibility index (Phi) is 11.3. The van der Waals surface area contributed by atoms with Gasteiger partial charge in [-0.2, -0.15) is 10.5 Å². The summed E-state index contributed by atoms with van der Waals surface area (Å²) in [6.45, 7) is 8.68. The minimum Gasteiger partial charge on any atom is -0.289 e. The fourth-order valence-electron chi connectivity index (χ4n) is 13.8. The monoisotopic (exact) mass is 1210 g/mol. The number of thiazole rings is 4. The Morgan fingerprint density at radius 2 is 0.919 bits per heavy atom. The number of carbonyl (C=O) groups excluding carboxylic acids is 1. The molecule has 14 aromatic rings. The van der Waals surface area contributed by atoms with Crippen molar-refractivity contribution in [3.63, 3.8) is 0 Å². The molecule has 17 rings (SSSR count). The van der Waals surface area contributed by atoms with E-state index in [1.807, 2.05) is 35.1 Å². The SMILES string of the molecule is Cc1ccc(C2(c3ccc(C)cc3)c3cc4c(cc3-c3c2ccc2sc(-c5nc6scnc6s5)cc32)C(c2ccc(C)cc2)(c2ccc(C)cc2)c2ccc3sc(-c5nc6sc(/C=C7\C(=O)c8ccccc8C7=C(C#N)C#N)nc6s5)cc3c2-4)cc1. The molecule has 0 fully saturated rings. The van der Waals surface area contributed by atoms with Crippen LogP contribution in [0.1, 0.15) is 87.7 Å². The van der Waals surface area contributed by atoms with Crippen LogP contribution in [0.3, 0.4) is 0 Å². The summed E-state index contributed by atoms with van der Waals surface area (Å²) >= 11 is 9.75. The van der Waals surface area contributed by atoms with Gasteiger partial charge in [-0.15, -0.1) is 34.0 Å². The molecule has 406 valence electrons. The van der Waals surface area contributed by atoms with Gasteiger partial charge in [-0.25, -0.2) is 19.9 Å². The number of Topliss-reactive ketones (excluding diaryl/α,β-unsaturated/α-hetero) is 1. The smallest absolute Gasteiger partial charge is 0.194 e. The van der Waals surface area contributed by atoms with E-state index in [0.717, 1.165) is 43.8 Å². The number of fused-ring (bicyclic) bond motifs is 13. The maximum Gasteiger partial charge on any atom is 0.194 e. The molecule has 7 nitrogen and oxygen atoms in total. The second-order valence-electron chi connectivity index (χ2n) is 22.5. The van der Waals surface area contributed by atoms with Crippen LogP contribution in [0.5, 0.6) is 0 Å². The maximum atomic E-state index is 13.9. The van der Waals surface area contributed by atoms with Crippen LogP contribution in [0, 0.1) is 50.4 Å². The molecule has 0 saturated heterocycles. The van der Waals surface area contributed by atoms with Gasteiger partial charge in [0.15, 0.2) is 25.1 Å². The van der Waals surface area contributed by atoms with E-state index in [1.54, 1.807) is 58.3 Å². The van der Waals surface area contributed by atoms with Crippen molar-refractivity contribution in [1.82, 2.24) is 19.9 Å². The number of hydrogen-bond acceptors (Lipinski definition) is 13. The van der Waals surface area contributed by atoms with E-state index in [4.69, 9.17) is 15.0 Å². The second-order valence-corrected chi connectivity index (χ2v) is 28.5. The Morgan fingerprint density at radius 3 is 1.38 bits per heavy atom. The number of hydrogen-bond donors (Lipinski definition) is 0. The number of thiophene rings is 2. The molecule has 0 atom stereocenters. The number of benzene rings is 8. The second kappa shape index (κ2) is 18.9. The molecule has 8 aromatic carbocycles. The molecule has 0 spiro atoms. The molecule has 0 radical (unpaired) electrons. The molecule has 0 aliphatic heterocycles. The number of aromatic nitrogens is 4. The van der Waals surface area contributed by atoms with Crippen molar-refractivity contribution in [3.05, 3.63) is 269 Å². The molecule has 3 aliphatic rings. The van der Waals surface area contributed by atoms with Crippen molar-refractivity contribution < 1.29 is 4.79 Å². The van der Waals surface area contributed by atoms with Gasteiger partial charge in [-0.3, -0.25) is 4.79 Å². The lowest BCUT2D eigenvalue weighted by molar-refractivity contribution is 0.104. The molecule has 0 N–H and O–H groups in total. The zero-order valence-corrected chi connectivity index (χ0v) is 51.3. The highest BCUT2D eigenvalue weighted by Crippen LogP contribution is 2.65. The number of allylic oxidation sites excluding steroid dienone is 3. The van der Waals surface area contributed by atoms with Crippen molar-refractivity contribution in [2.45, 2.75) is 38.5 Å². The van der Waals surface area contributed by atoms with E-state index in [9.17, 15) is 15.3 Å². The molecule has 13 heteroatoms. The zero-order valence-electron chi connectivity index (χ0n) is 46.4. The largest absolute Gasteiger partial charge is 0.289 e. The van der Waals surface area contributed by atoms with Crippen LogP contribution in [0.15, 0.2) is 187 Å². The molecule has 6 aromatic heterocycles. The summed E-state index contributed by atoms with van der Waals surface area (Å²) in [7, 11) is 0. The number of ketones is 1. The highest BCUT2D eigenvalue weighted by molar-refractivity contribution is 7.31. The molecule has 0 bridgehead atoms. The van der Waals surface area contributed by atoms with Crippen molar-refractivity contribution in [1.29, 1.82) is 10.5 Å². The van der Waals surface area contributed by atoms with E-state index in [1.165, 1.54) is 127 Å². The molecule has 6 heterocycles.